The lowest BCUT2D eigenvalue weighted by molar-refractivity contribution is 0.0663. The Labute approximate surface area is 181 Å². The van der Waals surface area contributed by atoms with Crippen LogP contribution < -0.4 is 18.9 Å². The first-order chi connectivity index (χ1) is 15.1. The summed E-state index contributed by atoms with van der Waals surface area (Å²) in [6.07, 6.45) is 2.04. The Morgan fingerprint density at radius 3 is 2.13 bits per heavy atom. The van der Waals surface area contributed by atoms with Gasteiger partial charge in [0.25, 0.3) is 5.91 Å². The van der Waals surface area contributed by atoms with Crippen LogP contribution in [-0.2, 0) is 6.54 Å². The van der Waals surface area contributed by atoms with Crippen molar-refractivity contribution in [1.29, 1.82) is 0 Å². The average Bonchev–Trinajstić information content (AvgIpc) is 3.31. The van der Waals surface area contributed by atoms with Crippen LogP contribution in [0, 0.1) is 0 Å². The van der Waals surface area contributed by atoms with E-state index in [2.05, 4.69) is 4.57 Å². The molecule has 3 aromatic rings. The molecule has 0 fully saturated rings. The molecule has 1 aliphatic heterocycles. The number of hydrogen-bond acceptors (Lipinski definition) is 5. The van der Waals surface area contributed by atoms with E-state index < -0.39 is 0 Å². The van der Waals surface area contributed by atoms with Crippen LogP contribution in [0.1, 0.15) is 27.7 Å². The molecular formula is C24H26N2O5. The van der Waals surface area contributed by atoms with Crippen molar-refractivity contribution >= 4 is 5.91 Å². The summed E-state index contributed by atoms with van der Waals surface area (Å²) in [5.41, 5.74) is 2.52. The van der Waals surface area contributed by atoms with Gasteiger partial charge in [0.2, 0.25) is 5.75 Å². The number of methoxy groups -OCH3 is 4. The standard InChI is InChI=1S/C24H26N2O5/c1-28-18-9-7-16(8-10-18)24(27)26-13-12-25-11-5-6-19(25)22(26)17-14-20(29-2)23(31-4)21(15-17)30-3/h5-11,14-15,22H,12-13H2,1-4H3. The fraction of sp³-hybridized carbons (Fsp3) is 0.292. The summed E-state index contributed by atoms with van der Waals surface area (Å²) in [6, 6.07) is 14.7. The van der Waals surface area contributed by atoms with E-state index in [9.17, 15) is 4.79 Å². The average molecular weight is 422 g/mol. The third-order valence-corrected chi connectivity index (χ3v) is 5.64. The van der Waals surface area contributed by atoms with Gasteiger partial charge in [-0.05, 0) is 54.1 Å². The summed E-state index contributed by atoms with van der Waals surface area (Å²) in [5, 5.41) is 0. The Morgan fingerprint density at radius 2 is 1.55 bits per heavy atom. The van der Waals surface area contributed by atoms with Gasteiger partial charge in [-0.25, -0.2) is 0 Å². The molecule has 0 aliphatic carbocycles. The van der Waals surface area contributed by atoms with Crippen molar-refractivity contribution in [2.24, 2.45) is 0 Å². The number of aromatic nitrogens is 1. The highest BCUT2D eigenvalue weighted by Gasteiger charge is 2.34. The molecule has 0 saturated heterocycles. The molecular weight excluding hydrogens is 396 g/mol. The van der Waals surface area contributed by atoms with Gasteiger partial charge in [0.05, 0.1) is 34.5 Å². The Hall–Kier alpha value is -3.61. The zero-order valence-electron chi connectivity index (χ0n) is 18.1. The molecule has 1 aliphatic rings. The van der Waals surface area contributed by atoms with E-state index in [1.54, 1.807) is 52.7 Å². The molecule has 4 rings (SSSR count). The fourth-order valence-corrected chi connectivity index (χ4v) is 4.11. The van der Waals surface area contributed by atoms with E-state index in [1.165, 1.54) is 0 Å². The Bertz CT molecular complexity index is 1050. The van der Waals surface area contributed by atoms with Crippen molar-refractivity contribution in [2.75, 3.05) is 35.0 Å². The van der Waals surface area contributed by atoms with Gasteiger partial charge in [-0.3, -0.25) is 4.79 Å². The van der Waals surface area contributed by atoms with E-state index in [4.69, 9.17) is 18.9 Å². The number of rotatable bonds is 6. The maximum Gasteiger partial charge on any atom is 0.254 e. The summed E-state index contributed by atoms with van der Waals surface area (Å²) in [4.78, 5) is 15.4. The minimum Gasteiger partial charge on any atom is -0.497 e. The molecule has 0 bridgehead atoms. The van der Waals surface area contributed by atoms with Crippen LogP contribution in [0.15, 0.2) is 54.7 Å². The van der Waals surface area contributed by atoms with Crippen LogP contribution in [0.4, 0.5) is 0 Å². The van der Waals surface area contributed by atoms with Crippen LogP contribution in [-0.4, -0.2) is 50.4 Å². The van der Waals surface area contributed by atoms with Crippen molar-refractivity contribution < 1.29 is 23.7 Å². The second kappa shape index (κ2) is 8.63. The highest BCUT2D eigenvalue weighted by atomic mass is 16.5. The number of nitrogens with zero attached hydrogens (tertiary/aromatic N) is 2. The quantitative estimate of drug-likeness (QED) is 0.605. The number of carbonyl (C=O) groups is 1. The minimum absolute atomic E-state index is 0.0474. The fourth-order valence-electron chi connectivity index (χ4n) is 4.11. The third-order valence-electron chi connectivity index (χ3n) is 5.64. The van der Waals surface area contributed by atoms with Gasteiger partial charge < -0.3 is 28.4 Å². The normalized spacial score (nSPS) is 15.2. The Balaban J connectivity index is 1.81. The molecule has 1 aromatic heterocycles. The summed E-state index contributed by atoms with van der Waals surface area (Å²) in [5.74, 6) is 2.29. The molecule has 1 unspecified atom stereocenters. The lowest BCUT2D eigenvalue weighted by Gasteiger charge is -2.37. The SMILES string of the molecule is COc1ccc(C(=O)N2CCn3cccc3C2c2cc(OC)c(OC)c(OC)c2)cc1. The summed E-state index contributed by atoms with van der Waals surface area (Å²) < 4.78 is 24.0. The van der Waals surface area contributed by atoms with Crippen molar-refractivity contribution in [3.63, 3.8) is 0 Å². The molecule has 0 spiro atoms. The van der Waals surface area contributed by atoms with Crippen molar-refractivity contribution in [1.82, 2.24) is 9.47 Å². The van der Waals surface area contributed by atoms with Crippen LogP contribution in [0.5, 0.6) is 23.0 Å². The second-order valence-electron chi connectivity index (χ2n) is 7.21. The molecule has 0 saturated carbocycles. The maximum atomic E-state index is 13.5. The number of hydrogen-bond donors (Lipinski definition) is 0. The Morgan fingerprint density at radius 1 is 0.871 bits per heavy atom. The largest absolute Gasteiger partial charge is 0.497 e. The van der Waals surface area contributed by atoms with Gasteiger partial charge in [-0.15, -0.1) is 0 Å². The maximum absolute atomic E-state index is 13.5. The first-order valence-electron chi connectivity index (χ1n) is 10.0. The van der Waals surface area contributed by atoms with Gasteiger partial charge in [0, 0.05) is 30.5 Å². The van der Waals surface area contributed by atoms with Gasteiger partial charge in [0.15, 0.2) is 11.5 Å². The topological polar surface area (TPSA) is 62.2 Å². The lowest BCUT2D eigenvalue weighted by atomic mass is 9.97. The lowest BCUT2D eigenvalue weighted by Crippen LogP contribution is -2.42. The number of fused-ring (bicyclic) bond motifs is 1. The summed E-state index contributed by atoms with van der Waals surface area (Å²) in [6.45, 7) is 1.30. The number of ether oxygens (including phenoxy) is 4. The van der Waals surface area contributed by atoms with Crippen molar-refractivity contribution in [3.8, 4) is 23.0 Å². The van der Waals surface area contributed by atoms with Gasteiger partial charge in [-0.1, -0.05) is 0 Å². The zero-order valence-corrected chi connectivity index (χ0v) is 18.1. The summed E-state index contributed by atoms with van der Waals surface area (Å²) >= 11 is 0. The predicted octanol–water partition coefficient (Wildman–Crippen LogP) is 3.77. The summed E-state index contributed by atoms with van der Waals surface area (Å²) in [7, 11) is 6.36. The van der Waals surface area contributed by atoms with E-state index in [0.717, 1.165) is 17.8 Å². The molecule has 1 atom stereocenters. The van der Waals surface area contributed by atoms with E-state index in [1.807, 2.05) is 35.4 Å². The van der Waals surface area contributed by atoms with Crippen LogP contribution in [0.25, 0.3) is 0 Å². The molecule has 2 heterocycles. The molecule has 2 aromatic carbocycles. The molecule has 0 radical (unpaired) electrons. The highest BCUT2D eigenvalue weighted by Crippen LogP contribution is 2.43. The van der Waals surface area contributed by atoms with E-state index in [0.29, 0.717) is 35.1 Å². The van der Waals surface area contributed by atoms with Crippen molar-refractivity contribution in [3.05, 3.63) is 71.5 Å². The van der Waals surface area contributed by atoms with E-state index in [-0.39, 0.29) is 11.9 Å². The minimum atomic E-state index is -0.299. The highest BCUT2D eigenvalue weighted by molar-refractivity contribution is 5.95. The number of amides is 1. The Kier molecular flexibility index (Phi) is 5.75. The van der Waals surface area contributed by atoms with Crippen LogP contribution >= 0.6 is 0 Å². The molecule has 7 nitrogen and oxygen atoms in total. The molecule has 162 valence electrons. The molecule has 31 heavy (non-hydrogen) atoms. The van der Waals surface area contributed by atoms with Gasteiger partial charge in [-0.2, -0.15) is 0 Å². The first-order valence-corrected chi connectivity index (χ1v) is 10.0. The van der Waals surface area contributed by atoms with E-state index >= 15 is 0 Å². The second-order valence-corrected chi connectivity index (χ2v) is 7.21. The smallest absolute Gasteiger partial charge is 0.254 e. The predicted molar refractivity (Wildman–Crippen MR) is 116 cm³/mol. The third kappa shape index (κ3) is 3.67. The number of benzene rings is 2. The number of carbonyl (C=O) groups excluding carboxylic acids is 1. The molecule has 7 heteroatoms. The molecule has 1 amide bonds. The van der Waals surface area contributed by atoms with Crippen molar-refractivity contribution in [2.45, 2.75) is 12.6 Å². The first kappa shape index (κ1) is 20.7. The van der Waals surface area contributed by atoms with Gasteiger partial charge >= 0.3 is 0 Å². The van der Waals surface area contributed by atoms with Crippen LogP contribution in [0.3, 0.4) is 0 Å². The monoisotopic (exact) mass is 422 g/mol. The van der Waals surface area contributed by atoms with Crippen LogP contribution in [0.2, 0.25) is 0 Å². The molecule has 0 N–H and O–H groups in total. The van der Waals surface area contributed by atoms with Gasteiger partial charge in [0.1, 0.15) is 5.75 Å². The zero-order chi connectivity index (χ0) is 22.0.